The van der Waals surface area contributed by atoms with Gasteiger partial charge in [0.05, 0.1) is 5.71 Å². The van der Waals surface area contributed by atoms with E-state index in [4.69, 9.17) is 16.4 Å². The molecule has 0 spiro atoms. The predicted molar refractivity (Wildman–Crippen MR) is 134 cm³/mol. The highest BCUT2D eigenvalue weighted by Crippen LogP contribution is 2.30. The molecule has 1 N–H and O–H groups in total. The lowest BCUT2D eigenvalue weighted by Gasteiger charge is -2.35. The van der Waals surface area contributed by atoms with Crippen LogP contribution in [0.1, 0.15) is 23.1 Å². The number of hydrogen-bond acceptors (Lipinski definition) is 5. The van der Waals surface area contributed by atoms with Crippen LogP contribution >= 0.6 is 11.6 Å². The molecule has 1 aliphatic carbocycles. The molecule has 1 fully saturated rings. The summed E-state index contributed by atoms with van der Waals surface area (Å²) in [5.41, 5.74) is 4.80. The smallest absolute Gasteiger partial charge is 0.144 e. The number of nitrogens with zero attached hydrogens (tertiary/aromatic N) is 3. The highest BCUT2D eigenvalue weighted by atomic mass is 35.5. The van der Waals surface area contributed by atoms with Gasteiger partial charge in [-0.3, -0.25) is 9.80 Å². The summed E-state index contributed by atoms with van der Waals surface area (Å²) >= 11 is 5.98. The summed E-state index contributed by atoms with van der Waals surface area (Å²) in [5, 5.41) is 18.2. The fraction of sp³-hybridized carbons (Fsp3) is 0.370. The van der Waals surface area contributed by atoms with Crippen molar-refractivity contribution in [2.45, 2.75) is 25.5 Å². The van der Waals surface area contributed by atoms with Crippen molar-refractivity contribution in [2.75, 3.05) is 39.3 Å². The van der Waals surface area contributed by atoms with Crippen molar-refractivity contribution < 1.29 is 9.94 Å². The Morgan fingerprint density at radius 2 is 1.67 bits per heavy atom. The minimum absolute atomic E-state index is 0.220. The zero-order chi connectivity index (χ0) is 22.6. The molecule has 0 aromatic heterocycles. The molecule has 1 atom stereocenters. The van der Waals surface area contributed by atoms with Crippen LogP contribution in [0, 0.1) is 0 Å². The number of aryl methyl sites for hydroxylation is 1. The Labute approximate surface area is 200 Å². The van der Waals surface area contributed by atoms with Crippen LogP contribution in [-0.4, -0.2) is 66.1 Å². The Morgan fingerprint density at radius 3 is 2.48 bits per heavy atom. The summed E-state index contributed by atoms with van der Waals surface area (Å²) in [4.78, 5) is 10.3. The summed E-state index contributed by atoms with van der Waals surface area (Å²) in [6.45, 7) is 5.63. The molecule has 3 aromatic rings. The first-order valence-corrected chi connectivity index (χ1v) is 12.1. The van der Waals surface area contributed by atoms with Gasteiger partial charge in [-0.25, -0.2) is 0 Å². The van der Waals surface area contributed by atoms with Gasteiger partial charge < -0.3 is 9.94 Å². The van der Waals surface area contributed by atoms with Gasteiger partial charge in [0.2, 0.25) is 0 Å². The van der Waals surface area contributed by atoms with Crippen molar-refractivity contribution in [3.8, 4) is 0 Å². The van der Waals surface area contributed by atoms with Crippen molar-refractivity contribution in [3.63, 3.8) is 0 Å². The van der Waals surface area contributed by atoms with Crippen LogP contribution in [0.2, 0.25) is 5.02 Å². The summed E-state index contributed by atoms with van der Waals surface area (Å²) in [5.74, 6) is 0. The van der Waals surface area contributed by atoms with E-state index >= 15 is 0 Å². The molecule has 2 aliphatic rings. The van der Waals surface area contributed by atoms with E-state index in [1.807, 2.05) is 12.1 Å². The topological polar surface area (TPSA) is 48.3 Å². The Balaban J connectivity index is 1.08. The Bertz CT molecular complexity index is 1120. The van der Waals surface area contributed by atoms with Gasteiger partial charge in [-0.05, 0) is 46.9 Å². The molecule has 5 nitrogen and oxygen atoms in total. The standard InChI is InChI=1S/C27H30ClN3O2/c28-22-8-5-20(6-9-22)17-30-13-15-31(16-14-30)18-23(32)19-33-29-27-12-11-25-24-4-2-1-3-21(24)7-10-26(25)27/h1-10,23,32H,11-19H2. The average Bonchev–Trinajstić information content (AvgIpc) is 3.25. The lowest BCUT2D eigenvalue weighted by molar-refractivity contribution is 0.00829. The first-order chi connectivity index (χ1) is 16.2. The van der Waals surface area contributed by atoms with Crippen LogP contribution < -0.4 is 0 Å². The zero-order valence-corrected chi connectivity index (χ0v) is 19.5. The van der Waals surface area contributed by atoms with Crippen molar-refractivity contribution in [3.05, 3.63) is 82.4 Å². The van der Waals surface area contributed by atoms with Gasteiger partial charge in [0.1, 0.15) is 12.7 Å². The van der Waals surface area contributed by atoms with Crippen LogP contribution in [0.15, 0.2) is 65.8 Å². The van der Waals surface area contributed by atoms with Gasteiger partial charge in [0.15, 0.2) is 0 Å². The number of hydrogen-bond donors (Lipinski definition) is 1. The molecule has 1 unspecified atom stereocenters. The Morgan fingerprint density at radius 1 is 0.909 bits per heavy atom. The molecule has 5 rings (SSSR count). The van der Waals surface area contributed by atoms with Crippen LogP contribution in [-0.2, 0) is 17.8 Å². The molecule has 0 bridgehead atoms. The van der Waals surface area contributed by atoms with Crippen molar-refractivity contribution >= 4 is 28.1 Å². The van der Waals surface area contributed by atoms with Crippen LogP contribution in [0.3, 0.4) is 0 Å². The summed E-state index contributed by atoms with van der Waals surface area (Å²) in [6, 6.07) is 20.8. The lowest BCUT2D eigenvalue weighted by atomic mass is 10.0. The summed E-state index contributed by atoms with van der Waals surface area (Å²) in [6.07, 6.45) is 1.33. The van der Waals surface area contributed by atoms with Gasteiger partial charge in [-0.2, -0.15) is 0 Å². The number of halogens is 1. The van der Waals surface area contributed by atoms with Gasteiger partial charge >= 0.3 is 0 Å². The SMILES string of the molecule is OC(CON=C1CCc2c1ccc1ccccc21)CN1CCN(Cc2ccc(Cl)cc2)CC1. The van der Waals surface area contributed by atoms with E-state index in [0.29, 0.717) is 6.54 Å². The highest BCUT2D eigenvalue weighted by Gasteiger charge is 2.22. The monoisotopic (exact) mass is 463 g/mol. The second-order valence-corrected chi connectivity index (χ2v) is 9.44. The van der Waals surface area contributed by atoms with Gasteiger partial charge in [-0.15, -0.1) is 0 Å². The molecule has 172 valence electrons. The fourth-order valence-electron chi connectivity index (χ4n) is 4.88. The third-order valence-corrected chi connectivity index (χ3v) is 6.91. The maximum atomic E-state index is 10.5. The normalized spacial score (nSPS) is 19.2. The van der Waals surface area contributed by atoms with Crippen LogP contribution in [0.25, 0.3) is 10.8 Å². The van der Waals surface area contributed by atoms with E-state index in [0.717, 1.165) is 56.3 Å². The van der Waals surface area contributed by atoms with Crippen molar-refractivity contribution in [1.29, 1.82) is 0 Å². The first-order valence-electron chi connectivity index (χ1n) is 11.7. The largest absolute Gasteiger partial charge is 0.393 e. The predicted octanol–water partition coefficient (Wildman–Crippen LogP) is 4.34. The number of aliphatic hydroxyl groups excluding tert-OH is 1. The number of benzene rings is 3. The van der Waals surface area contributed by atoms with Gasteiger partial charge in [-0.1, -0.05) is 65.3 Å². The van der Waals surface area contributed by atoms with E-state index in [1.54, 1.807) is 0 Å². The zero-order valence-electron chi connectivity index (χ0n) is 18.8. The van der Waals surface area contributed by atoms with Crippen LogP contribution in [0.5, 0.6) is 0 Å². The number of β-amino-alcohol motifs (C(OH)–C–C–N with tert-alkyl or cyclic N) is 1. The van der Waals surface area contributed by atoms with Crippen molar-refractivity contribution in [2.24, 2.45) is 5.16 Å². The highest BCUT2D eigenvalue weighted by molar-refractivity contribution is 6.30. The molecule has 3 aromatic carbocycles. The van der Waals surface area contributed by atoms with Crippen molar-refractivity contribution in [1.82, 2.24) is 9.80 Å². The third kappa shape index (κ3) is 5.39. The molecule has 1 heterocycles. The van der Waals surface area contributed by atoms with Gasteiger partial charge in [0.25, 0.3) is 0 Å². The third-order valence-electron chi connectivity index (χ3n) is 6.66. The Hall–Kier alpha value is -2.44. The first kappa shape index (κ1) is 22.4. The van der Waals surface area contributed by atoms with E-state index in [9.17, 15) is 5.11 Å². The minimum Gasteiger partial charge on any atom is -0.393 e. The maximum absolute atomic E-state index is 10.5. The molecule has 1 aliphatic heterocycles. The molecule has 6 heteroatoms. The molecule has 1 saturated heterocycles. The van der Waals surface area contributed by atoms with E-state index in [-0.39, 0.29) is 6.61 Å². The molecular weight excluding hydrogens is 434 g/mol. The second kappa shape index (κ2) is 10.2. The van der Waals surface area contributed by atoms with Crippen LogP contribution in [0.4, 0.5) is 0 Å². The lowest BCUT2D eigenvalue weighted by Crippen LogP contribution is -2.48. The maximum Gasteiger partial charge on any atom is 0.144 e. The molecule has 0 radical (unpaired) electrons. The number of oxime groups is 1. The van der Waals surface area contributed by atoms with Gasteiger partial charge in [0, 0.05) is 49.9 Å². The number of fused-ring (bicyclic) bond motifs is 3. The second-order valence-electron chi connectivity index (χ2n) is 9.00. The van der Waals surface area contributed by atoms with E-state index < -0.39 is 6.10 Å². The average molecular weight is 464 g/mol. The minimum atomic E-state index is -0.547. The quantitative estimate of drug-likeness (QED) is 0.529. The molecule has 0 saturated carbocycles. The fourth-order valence-corrected chi connectivity index (χ4v) is 5.00. The Kier molecular flexibility index (Phi) is 6.93. The van der Waals surface area contributed by atoms with E-state index in [1.165, 1.54) is 27.5 Å². The van der Waals surface area contributed by atoms with E-state index in [2.05, 4.69) is 63.5 Å². The molecule has 0 amide bonds. The summed E-state index contributed by atoms with van der Waals surface area (Å²) in [7, 11) is 0. The molecule has 33 heavy (non-hydrogen) atoms. The number of rotatable bonds is 7. The number of piperazine rings is 1. The number of aliphatic hydroxyl groups is 1. The molecular formula is C27H30ClN3O2. The summed E-state index contributed by atoms with van der Waals surface area (Å²) < 4.78 is 0.